The van der Waals surface area contributed by atoms with Crippen LogP contribution in [0.4, 0.5) is 4.39 Å². The summed E-state index contributed by atoms with van der Waals surface area (Å²) in [7, 11) is 0. The molecule has 0 aliphatic carbocycles. The first-order valence-corrected chi connectivity index (χ1v) is 5.24. The van der Waals surface area contributed by atoms with Gasteiger partial charge in [-0.2, -0.15) is 0 Å². The highest BCUT2D eigenvalue weighted by Gasteiger charge is 2.03. The van der Waals surface area contributed by atoms with Crippen LogP contribution in [-0.4, -0.2) is 5.91 Å². The van der Waals surface area contributed by atoms with E-state index in [0.717, 1.165) is 5.56 Å². The Kier molecular flexibility index (Phi) is 3.50. The van der Waals surface area contributed by atoms with Crippen molar-refractivity contribution in [3.63, 3.8) is 0 Å². The van der Waals surface area contributed by atoms with E-state index >= 15 is 0 Å². The minimum atomic E-state index is -0.300. The van der Waals surface area contributed by atoms with Gasteiger partial charge in [-0.1, -0.05) is 24.3 Å². The monoisotopic (exact) mass is 228 g/mol. The molecule has 3 heteroatoms. The lowest BCUT2D eigenvalue weighted by Crippen LogP contribution is -2.22. The molecule has 0 fully saturated rings. The maximum atomic E-state index is 12.9. The van der Waals surface area contributed by atoms with Crippen molar-refractivity contribution in [2.45, 2.75) is 6.54 Å². The second-order valence-electron chi connectivity index (χ2n) is 3.60. The van der Waals surface area contributed by atoms with Crippen LogP contribution in [0.15, 0.2) is 48.5 Å². The average Bonchev–Trinajstić information content (AvgIpc) is 2.37. The zero-order valence-electron chi connectivity index (χ0n) is 9.11. The van der Waals surface area contributed by atoms with Crippen molar-refractivity contribution in [3.05, 3.63) is 71.5 Å². The maximum absolute atomic E-state index is 12.9. The Morgan fingerprint density at radius 3 is 2.71 bits per heavy atom. The van der Waals surface area contributed by atoms with Gasteiger partial charge in [-0.05, 0) is 35.9 Å². The largest absolute Gasteiger partial charge is 0.348 e. The van der Waals surface area contributed by atoms with E-state index in [1.807, 2.05) is 0 Å². The second-order valence-corrected chi connectivity index (χ2v) is 3.60. The van der Waals surface area contributed by atoms with Gasteiger partial charge < -0.3 is 5.32 Å². The van der Waals surface area contributed by atoms with E-state index in [1.165, 1.54) is 12.1 Å². The predicted octanol–water partition coefficient (Wildman–Crippen LogP) is 2.56. The highest BCUT2D eigenvalue weighted by atomic mass is 19.1. The van der Waals surface area contributed by atoms with E-state index in [2.05, 4.69) is 11.4 Å². The lowest BCUT2D eigenvalue weighted by atomic mass is 10.2. The fraction of sp³-hybridized carbons (Fsp3) is 0.0714. The maximum Gasteiger partial charge on any atom is 0.251 e. The first-order chi connectivity index (χ1) is 8.25. The van der Waals surface area contributed by atoms with Crippen molar-refractivity contribution in [1.82, 2.24) is 5.32 Å². The third kappa shape index (κ3) is 3.14. The van der Waals surface area contributed by atoms with E-state index in [4.69, 9.17) is 0 Å². The number of benzene rings is 2. The highest BCUT2D eigenvalue weighted by molar-refractivity contribution is 5.94. The van der Waals surface area contributed by atoms with Crippen LogP contribution in [-0.2, 0) is 6.54 Å². The summed E-state index contributed by atoms with van der Waals surface area (Å²) in [6, 6.07) is 15.7. The molecule has 1 amide bonds. The molecule has 17 heavy (non-hydrogen) atoms. The fourth-order valence-corrected chi connectivity index (χ4v) is 1.47. The molecule has 0 heterocycles. The molecule has 2 nitrogen and oxygen atoms in total. The SMILES string of the molecule is O=C(NCc1cccc(F)c1)c1cc[c]cc1. The number of hydrogen-bond acceptors (Lipinski definition) is 1. The normalized spacial score (nSPS) is 9.94. The number of halogens is 1. The first-order valence-electron chi connectivity index (χ1n) is 5.24. The van der Waals surface area contributed by atoms with Crippen LogP contribution in [0.25, 0.3) is 0 Å². The Labute approximate surface area is 99.1 Å². The van der Waals surface area contributed by atoms with Crippen molar-refractivity contribution in [2.75, 3.05) is 0 Å². The molecule has 0 aromatic heterocycles. The molecule has 1 radical (unpaired) electrons. The van der Waals surface area contributed by atoms with Gasteiger partial charge in [-0.25, -0.2) is 4.39 Å². The standard InChI is InChI=1S/C14H11FNO/c15-13-8-4-5-11(9-13)10-16-14(17)12-6-2-1-3-7-12/h2-9H,10H2,(H,16,17). The molecule has 0 aliphatic rings. The van der Waals surface area contributed by atoms with E-state index in [9.17, 15) is 9.18 Å². The van der Waals surface area contributed by atoms with E-state index in [-0.39, 0.29) is 11.7 Å². The summed E-state index contributed by atoms with van der Waals surface area (Å²) in [5.74, 6) is -0.477. The zero-order valence-corrected chi connectivity index (χ0v) is 9.11. The van der Waals surface area contributed by atoms with Gasteiger partial charge in [0.05, 0.1) is 0 Å². The molecular formula is C14H11FNO. The third-order valence-corrected chi connectivity index (χ3v) is 2.32. The van der Waals surface area contributed by atoms with Crippen LogP contribution in [0.5, 0.6) is 0 Å². The molecule has 0 aliphatic heterocycles. The molecule has 0 spiro atoms. The van der Waals surface area contributed by atoms with Gasteiger partial charge in [0.15, 0.2) is 0 Å². The summed E-state index contributed by atoms with van der Waals surface area (Å²) in [6.45, 7) is 0.315. The molecule has 0 saturated heterocycles. The molecule has 85 valence electrons. The quantitative estimate of drug-likeness (QED) is 0.859. The molecule has 2 aromatic rings. The van der Waals surface area contributed by atoms with Gasteiger partial charge in [0.2, 0.25) is 0 Å². The number of hydrogen-bond donors (Lipinski definition) is 1. The van der Waals surface area contributed by atoms with Crippen LogP contribution in [0.3, 0.4) is 0 Å². The molecule has 0 bridgehead atoms. The summed E-state index contributed by atoms with van der Waals surface area (Å²) in [4.78, 5) is 11.7. The van der Waals surface area contributed by atoms with Crippen molar-refractivity contribution in [1.29, 1.82) is 0 Å². The van der Waals surface area contributed by atoms with E-state index in [0.29, 0.717) is 12.1 Å². The summed E-state index contributed by atoms with van der Waals surface area (Å²) in [5, 5.41) is 2.72. The van der Waals surface area contributed by atoms with Crippen molar-refractivity contribution >= 4 is 5.91 Å². The van der Waals surface area contributed by atoms with Crippen LogP contribution in [0.1, 0.15) is 15.9 Å². The number of amides is 1. The third-order valence-electron chi connectivity index (χ3n) is 2.32. The molecule has 2 aromatic carbocycles. The molecule has 2 rings (SSSR count). The van der Waals surface area contributed by atoms with Crippen LogP contribution >= 0.6 is 0 Å². The van der Waals surface area contributed by atoms with Crippen LogP contribution < -0.4 is 5.32 Å². The lowest BCUT2D eigenvalue weighted by Gasteiger charge is -2.05. The second kappa shape index (κ2) is 5.25. The summed E-state index contributed by atoms with van der Waals surface area (Å²) < 4.78 is 12.9. The topological polar surface area (TPSA) is 29.1 Å². The van der Waals surface area contributed by atoms with Gasteiger partial charge >= 0.3 is 0 Å². The molecule has 1 N–H and O–H groups in total. The average molecular weight is 228 g/mol. The summed E-state index contributed by atoms with van der Waals surface area (Å²) in [6.07, 6.45) is 0. The zero-order chi connectivity index (χ0) is 12.1. The predicted molar refractivity (Wildman–Crippen MR) is 62.8 cm³/mol. The van der Waals surface area contributed by atoms with Crippen molar-refractivity contribution < 1.29 is 9.18 Å². The number of carbonyl (C=O) groups excluding carboxylic acids is 1. The molecule has 0 unspecified atom stereocenters. The van der Waals surface area contributed by atoms with Gasteiger partial charge in [0.25, 0.3) is 5.91 Å². The lowest BCUT2D eigenvalue weighted by molar-refractivity contribution is 0.0951. The number of nitrogens with one attached hydrogen (secondary N) is 1. The van der Waals surface area contributed by atoms with E-state index in [1.54, 1.807) is 36.4 Å². The Balaban J connectivity index is 1.97. The van der Waals surface area contributed by atoms with E-state index < -0.39 is 0 Å². The van der Waals surface area contributed by atoms with Crippen molar-refractivity contribution in [3.8, 4) is 0 Å². The fourth-order valence-electron chi connectivity index (χ4n) is 1.47. The highest BCUT2D eigenvalue weighted by Crippen LogP contribution is 2.04. The van der Waals surface area contributed by atoms with Gasteiger partial charge in [0, 0.05) is 12.1 Å². The first kappa shape index (κ1) is 11.3. The van der Waals surface area contributed by atoms with Gasteiger partial charge in [-0.3, -0.25) is 4.79 Å². The summed E-state index contributed by atoms with van der Waals surface area (Å²) in [5.41, 5.74) is 1.31. The smallest absolute Gasteiger partial charge is 0.251 e. The Morgan fingerprint density at radius 1 is 1.24 bits per heavy atom. The van der Waals surface area contributed by atoms with Crippen LogP contribution in [0.2, 0.25) is 0 Å². The molecular weight excluding hydrogens is 217 g/mol. The minimum absolute atomic E-state index is 0.178. The summed E-state index contributed by atoms with van der Waals surface area (Å²) >= 11 is 0. The Hall–Kier alpha value is -2.16. The van der Waals surface area contributed by atoms with Gasteiger partial charge in [-0.15, -0.1) is 0 Å². The Morgan fingerprint density at radius 2 is 2.00 bits per heavy atom. The molecule has 0 atom stereocenters. The Bertz CT molecular complexity index is 511. The molecule has 0 saturated carbocycles. The number of rotatable bonds is 3. The minimum Gasteiger partial charge on any atom is -0.348 e. The van der Waals surface area contributed by atoms with Crippen molar-refractivity contribution in [2.24, 2.45) is 0 Å². The van der Waals surface area contributed by atoms with Gasteiger partial charge in [0.1, 0.15) is 5.82 Å². The van der Waals surface area contributed by atoms with Crippen LogP contribution in [0, 0.1) is 11.9 Å². The number of carbonyl (C=O) groups is 1.